The van der Waals surface area contributed by atoms with Crippen molar-refractivity contribution in [3.05, 3.63) is 15.6 Å². The average molecular weight is 239 g/mol. The maximum Gasteiger partial charge on any atom is 0.308 e. The van der Waals surface area contributed by atoms with Crippen LogP contribution in [0.2, 0.25) is 0 Å². The second-order valence-electron chi connectivity index (χ2n) is 5.42. The summed E-state index contributed by atoms with van der Waals surface area (Å²) in [6.45, 7) is 6.35. The van der Waals surface area contributed by atoms with Crippen molar-refractivity contribution in [2.45, 2.75) is 51.4 Å². The predicted octanol–water partition coefficient (Wildman–Crippen LogP) is 2.95. The van der Waals surface area contributed by atoms with Gasteiger partial charge in [0.05, 0.1) is 17.1 Å². The molecule has 1 aliphatic carbocycles. The molecule has 1 N–H and O–H groups in total. The van der Waals surface area contributed by atoms with Crippen molar-refractivity contribution in [2.75, 3.05) is 0 Å². The number of carboxylic acid groups (broad SMARTS) is 1. The SMILES string of the molecule is CC(C)(C)c1nc(C2CC2)c(CC(=O)O)s1. The van der Waals surface area contributed by atoms with Gasteiger partial charge in [0.2, 0.25) is 0 Å². The minimum atomic E-state index is -0.758. The maximum atomic E-state index is 10.8. The molecule has 0 aromatic carbocycles. The topological polar surface area (TPSA) is 50.2 Å². The lowest BCUT2D eigenvalue weighted by atomic mass is 9.98. The van der Waals surface area contributed by atoms with Gasteiger partial charge < -0.3 is 5.11 Å². The summed E-state index contributed by atoms with van der Waals surface area (Å²) in [5.74, 6) is -0.229. The minimum Gasteiger partial charge on any atom is -0.481 e. The normalized spacial score (nSPS) is 16.4. The lowest BCUT2D eigenvalue weighted by Crippen LogP contribution is -2.10. The molecule has 1 aliphatic rings. The Kier molecular flexibility index (Phi) is 2.78. The predicted molar refractivity (Wildman–Crippen MR) is 64.1 cm³/mol. The van der Waals surface area contributed by atoms with Gasteiger partial charge in [0.25, 0.3) is 0 Å². The molecule has 1 heterocycles. The zero-order valence-electron chi connectivity index (χ0n) is 9.91. The van der Waals surface area contributed by atoms with E-state index in [2.05, 4.69) is 25.8 Å². The smallest absolute Gasteiger partial charge is 0.308 e. The molecule has 88 valence electrons. The number of hydrogen-bond acceptors (Lipinski definition) is 3. The first-order valence-electron chi connectivity index (χ1n) is 5.60. The number of carboxylic acids is 1. The molecule has 1 aromatic rings. The molecular formula is C12H17NO2S. The Morgan fingerprint density at radius 1 is 1.50 bits per heavy atom. The highest BCUT2D eigenvalue weighted by Gasteiger charge is 2.32. The molecular weight excluding hydrogens is 222 g/mol. The highest BCUT2D eigenvalue weighted by molar-refractivity contribution is 7.12. The quantitative estimate of drug-likeness (QED) is 0.882. The fourth-order valence-corrected chi connectivity index (χ4v) is 2.82. The number of carbonyl (C=O) groups is 1. The van der Waals surface area contributed by atoms with E-state index in [1.54, 1.807) is 11.3 Å². The fraction of sp³-hybridized carbons (Fsp3) is 0.667. The average Bonchev–Trinajstić information content (AvgIpc) is 2.86. The van der Waals surface area contributed by atoms with Gasteiger partial charge in [-0.1, -0.05) is 20.8 Å². The van der Waals surface area contributed by atoms with E-state index < -0.39 is 5.97 Å². The highest BCUT2D eigenvalue weighted by Crippen LogP contribution is 2.44. The van der Waals surface area contributed by atoms with E-state index >= 15 is 0 Å². The third-order valence-electron chi connectivity index (χ3n) is 2.64. The standard InChI is InChI=1S/C12H17NO2S/c1-12(2,3)11-13-10(7-4-5-7)8(16-11)6-9(14)15/h7H,4-6H2,1-3H3,(H,14,15). The molecule has 2 rings (SSSR count). The molecule has 0 amide bonds. The van der Waals surface area contributed by atoms with Crippen molar-refractivity contribution >= 4 is 17.3 Å². The zero-order valence-corrected chi connectivity index (χ0v) is 10.7. The van der Waals surface area contributed by atoms with Crippen molar-refractivity contribution in [1.82, 2.24) is 4.98 Å². The van der Waals surface area contributed by atoms with Crippen LogP contribution in [0.25, 0.3) is 0 Å². The first-order valence-corrected chi connectivity index (χ1v) is 6.41. The van der Waals surface area contributed by atoms with Crippen molar-refractivity contribution in [3.63, 3.8) is 0 Å². The number of rotatable bonds is 3. The number of nitrogens with zero attached hydrogens (tertiary/aromatic N) is 1. The molecule has 0 bridgehead atoms. The molecule has 0 atom stereocenters. The Hall–Kier alpha value is -0.900. The van der Waals surface area contributed by atoms with Gasteiger partial charge in [0.15, 0.2) is 0 Å². The molecule has 1 fully saturated rings. The van der Waals surface area contributed by atoms with Crippen LogP contribution in [0.5, 0.6) is 0 Å². The van der Waals surface area contributed by atoms with Gasteiger partial charge in [-0.25, -0.2) is 4.98 Å². The number of aromatic nitrogens is 1. The van der Waals surface area contributed by atoms with E-state index in [1.165, 1.54) is 12.8 Å². The van der Waals surface area contributed by atoms with Crippen molar-refractivity contribution < 1.29 is 9.90 Å². The largest absolute Gasteiger partial charge is 0.481 e. The summed E-state index contributed by atoms with van der Waals surface area (Å²) in [5, 5.41) is 9.95. The van der Waals surface area contributed by atoms with E-state index in [1.807, 2.05) is 0 Å². The van der Waals surface area contributed by atoms with Crippen molar-refractivity contribution in [1.29, 1.82) is 0 Å². The lowest BCUT2D eigenvalue weighted by molar-refractivity contribution is -0.136. The summed E-state index contributed by atoms with van der Waals surface area (Å²) in [4.78, 5) is 16.4. The second-order valence-corrected chi connectivity index (χ2v) is 6.51. The van der Waals surface area contributed by atoms with Crippen LogP contribution in [0, 0.1) is 0 Å². The van der Waals surface area contributed by atoms with Crippen LogP contribution >= 0.6 is 11.3 Å². The molecule has 0 saturated heterocycles. The van der Waals surface area contributed by atoms with Gasteiger partial charge >= 0.3 is 5.97 Å². The highest BCUT2D eigenvalue weighted by atomic mass is 32.1. The minimum absolute atomic E-state index is 0.0189. The van der Waals surface area contributed by atoms with E-state index in [-0.39, 0.29) is 11.8 Å². The summed E-state index contributed by atoms with van der Waals surface area (Å²) < 4.78 is 0. The fourth-order valence-electron chi connectivity index (χ4n) is 1.62. The summed E-state index contributed by atoms with van der Waals surface area (Å²) in [6.07, 6.45) is 2.46. The van der Waals surface area contributed by atoms with E-state index in [0.29, 0.717) is 5.92 Å². The molecule has 3 nitrogen and oxygen atoms in total. The van der Waals surface area contributed by atoms with Crippen LogP contribution in [0.4, 0.5) is 0 Å². The Balaban J connectivity index is 2.34. The number of thiazole rings is 1. The lowest BCUT2D eigenvalue weighted by Gasteiger charge is -2.13. The van der Waals surface area contributed by atoms with Gasteiger partial charge in [-0.3, -0.25) is 4.79 Å². The first-order chi connectivity index (χ1) is 7.38. The van der Waals surface area contributed by atoms with Gasteiger partial charge in [0, 0.05) is 16.2 Å². The van der Waals surface area contributed by atoms with Crippen molar-refractivity contribution in [2.24, 2.45) is 0 Å². The maximum absolute atomic E-state index is 10.8. The van der Waals surface area contributed by atoms with Gasteiger partial charge in [0.1, 0.15) is 0 Å². The Labute approximate surface area is 99.5 Å². The van der Waals surface area contributed by atoms with Crippen LogP contribution in [-0.4, -0.2) is 16.1 Å². The van der Waals surface area contributed by atoms with Crippen LogP contribution in [0.15, 0.2) is 0 Å². The van der Waals surface area contributed by atoms with E-state index in [0.717, 1.165) is 15.6 Å². The molecule has 0 spiro atoms. The van der Waals surface area contributed by atoms with E-state index in [9.17, 15) is 4.79 Å². The van der Waals surface area contributed by atoms with Crippen LogP contribution in [-0.2, 0) is 16.6 Å². The van der Waals surface area contributed by atoms with Crippen LogP contribution in [0.1, 0.15) is 55.1 Å². The summed E-state index contributed by atoms with van der Waals surface area (Å²) in [7, 11) is 0. The molecule has 0 radical (unpaired) electrons. The summed E-state index contributed by atoms with van der Waals surface area (Å²) in [6, 6.07) is 0. The van der Waals surface area contributed by atoms with Crippen LogP contribution in [0.3, 0.4) is 0 Å². The van der Waals surface area contributed by atoms with Gasteiger partial charge in [-0.05, 0) is 12.8 Å². The molecule has 1 saturated carbocycles. The first kappa shape index (κ1) is 11.6. The third kappa shape index (κ3) is 2.43. The van der Waals surface area contributed by atoms with Crippen molar-refractivity contribution in [3.8, 4) is 0 Å². The van der Waals surface area contributed by atoms with Crippen LogP contribution < -0.4 is 0 Å². The van der Waals surface area contributed by atoms with Gasteiger partial charge in [-0.2, -0.15) is 0 Å². The van der Waals surface area contributed by atoms with E-state index in [4.69, 9.17) is 5.11 Å². The number of hydrogen-bond donors (Lipinski definition) is 1. The molecule has 16 heavy (non-hydrogen) atoms. The number of aliphatic carboxylic acids is 1. The molecule has 0 unspecified atom stereocenters. The summed E-state index contributed by atoms with van der Waals surface area (Å²) >= 11 is 1.57. The Bertz CT molecular complexity index is 413. The zero-order chi connectivity index (χ0) is 11.9. The molecule has 0 aliphatic heterocycles. The monoisotopic (exact) mass is 239 g/mol. The second kappa shape index (κ2) is 3.84. The third-order valence-corrected chi connectivity index (χ3v) is 4.14. The molecule has 4 heteroatoms. The van der Waals surface area contributed by atoms with Gasteiger partial charge in [-0.15, -0.1) is 11.3 Å². The Morgan fingerprint density at radius 3 is 2.56 bits per heavy atom. The Morgan fingerprint density at radius 2 is 2.12 bits per heavy atom. The summed E-state index contributed by atoms with van der Waals surface area (Å²) in [5.41, 5.74) is 1.07. The molecule has 1 aromatic heterocycles.